The van der Waals surface area contributed by atoms with Gasteiger partial charge < -0.3 is 9.47 Å². The Morgan fingerprint density at radius 3 is 1.75 bits per heavy atom. The third-order valence-electron chi connectivity index (χ3n) is 1.93. The van der Waals surface area contributed by atoms with Gasteiger partial charge in [0.2, 0.25) is 11.6 Å². The van der Waals surface area contributed by atoms with E-state index in [0.29, 0.717) is 0 Å². The van der Waals surface area contributed by atoms with Gasteiger partial charge in [-0.25, -0.2) is 4.39 Å². The first kappa shape index (κ1) is 11.7. The molecule has 0 fully saturated rings. The Morgan fingerprint density at radius 1 is 0.875 bits per heavy atom. The molecule has 16 heavy (non-hydrogen) atoms. The summed E-state index contributed by atoms with van der Waals surface area (Å²) >= 11 is 0. The summed E-state index contributed by atoms with van der Waals surface area (Å²) in [5, 5.41) is 17.4. The number of nitrogens with zero attached hydrogens (tertiary/aromatic N) is 2. The van der Waals surface area contributed by atoms with Crippen LogP contribution in [0.4, 0.5) is 8.78 Å². The summed E-state index contributed by atoms with van der Waals surface area (Å²) in [5.41, 5.74) is -1.08. The number of rotatable bonds is 2. The highest BCUT2D eigenvalue weighted by Crippen LogP contribution is 2.37. The van der Waals surface area contributed by atoms with Crippen LogP contribution in [0.15, 0.2) is 0 Å². The summed E-state index contributed by atoms with van der Waals surface area (Å²) in [5.74, 6) is -3.59. The van der Waals surface area contributed by atoms with Gasteiger partial charge in [-0.15, -0.1) is 0 Å². The second kappa shape index (κ2) is 4.45. The van der Waals surface area contributed by atoms with Gasteiger partial charge in [-0.2, -0.15) is 14.9 Å². The van der Waals surface area contributed by atoms with Crippen molar-refractivity contribution in [3.05, 3.63) is 22.8 Å². The van der Waals surface area contributed by atoms with E-state index in [1.54, 1.807) is 6.07 Å². The molecule has 0 aromatic heterocycles. The van der Waals surface area contributed by atoms with Gasteiger partial charge in [0.25, 0.3) is 0 Å². The SMILES string of the molecule is COc1c(F)c(F)c(C#N)c(C#N)c1OC. The van der Waals surface area contributed by atoms with Crippen LogP contribution in [-0.2, 0) is 0 Å². The standard InChI is InChI=1S/C10H6F2N2O2/c1-15-9-6(4-14)5(3-13)7(11)8(12)10(9)16-2/h1-2H3. The van der Waals surface area contributed by atoms with Crippen molar-refractivity contribution in [2.75, 3.05) is 14.2 Å². The van der Waals surface area contributed by atoms with Crippen LogP contribution in [0.1, 0.15) is 11.1 Å². The lowest BCUT2D eigenvalue weighted by Gasteiger charge is -2.11. The van der Waals surface area contributed by atoms with Crippen molar-refractivity contribution < 1.29 is 18.3 Å². The van der Waals surface area contributed by atoms with Crippen molar-refractivity contribution in [1.82, 2.24) is 0 Å². The van der Waals surface area contributed by atoms with Gasteiger partial charge in [0, 0.05) is 0 Å². The van der Waals surface area contributed by atoms with Gasteiger partial charge in [0.1, 0.15) is 23.3 Å². The average Bonchev–Trinajstić information content (AvgIpc) is 2.31. The van der Waals surface area contributed by atoms with Crippen LogP contribution in [0.25, 0.3) is 0 Å². The summed E-state index contributed by atoms with van der Waals surface area (Å²) in [6, 6.07) is 2.98. The zero-order valence-corrected chi connectivity index (χ0v) is 8.47. The molecule has 0 saturated heterocycles. The number of nitriles is 2. The molecule has 1 rings (SSSR count). The molecule has 0 spiro atoms. The molecule has 0 aliphatic heterocycles. The minimum atomic E-state index is -1.42. The van der Waals surface area contributed by atoms with Crippen molar-refractivity contribution in [3.8, 4) is 23.6 Å². The maximum atomic E-state index is 13.4. The molecule has 0 radical (unpaired) electrons. The molecule has 6 heteroatoms. The Labute approximate surface area is 90.2 Å². The van der Waals surface area contributed by atoms with E-state index in [4.69, 9.17) is 15.3 Å². The number of benzene rings is 1. The fourth-order valence-corrected chi connectivity index (χ4v) is 1.23. The first-order valence-corrected chi connectivity index (χ1v) is 4.05. The number of hydrogen-bond donors (Lipinski definition) is 0. The van der Waals surface area contributed by atoms with Gasteiger partial charge in [0.05, 0.1) is 14.2 Å². The molecular weight excluding hydrogens is 218 g/mol. The Bertz CT molecular complexity index is 515. The molecular formula is C10H6F2N2O2. The average molecular weight is 224 g/mol. The molecule has 82 valence electrons. The lowest BCUT2D eigenvalue weighted by atomic mass is 10.1. The van der Waals surface area contributed by atoms with Crippen LogP contribution in [0.3, 0.4) is 0 Å². The highest BCUT2D eigenvalue weighted by Gasteiger charge is 2.26. The fourth-order valence-electron chi connectivity index (χ4n) is 1.23. The van der Waals surface area contributed by atoms with E-state index in [1.165, 1.54) is 6.07 Å². The number of hydrogen-bond acceptors (Lipinski definition) is 4. The van der Waals surface area contributed by atoms with Crippen LogP contribution in [0, 0.1) is 34.3 Å². The van der Waals surface area contributed by atoms with Gasteiger partial charge in [-0.05, 0) is 0 Å². The zero-order chi connectivity index (χ0) is 12.3. The molecule has 1 aromatic rings. The Hall–Kier alpha value is -2.34. The maximum absolute atomic E-state index is 13.4. The smallest absolute Gasteiger partial charge is 0.205 e. The maximum Gasteiger partial charge on any atom is 0.205 e. The molecule has 0 aliphatic rings. The zero-order valence-electron chi connectivity index (χ0n) is 8.47. The van der Waals surface area contributed by atoms with Crippen molar-refractivity contribution in [1.29, 1.82) is 10.5 Å². The highest BCUT2D eigenvalue weighted by atomic mass is 19.2. The highest BCUT2D eigenvalue weighted by molar-refractivity contribution is 5.61. The van der Waals surface area contributed by atoms with Gasteiger partial charge >= 0.3 is 0 Å². The molecule has 0 heterocycles. The first-order chi connectivity index (χ1) is 7.62. The van der Waals surface area contributed by atoms with E-state index in [0.717, 1.165) is 14.2 Å². The Morgan fingerprint density at radius 2 is 1.38 bits per heavy atom. The van der Waals surface area contributed by atoms with Gasteiger partial charge in [-0.1, -0.05) is 0 Å². The van der Waals surface area contributed by atoms with E-state index < -0.39 is 22.9 Å². The van der Waals surface area contributed by atoms with E-state index >= 15 is 0 Å². The lowest BCUT2D eigenvalue weighted by molar-refractivity contribution is 0.327. The molecule has 1 aromatic carbocycles. The monoisotopic (exact) mass is 224 g/mol. The van der Waals surface area contributed by atoms with E-state index in [2.05, 4.69) is 4.74 Å². The predicted octanol–water partition coefficient (Wildman–Crippen LogP) is 1.73. The largest absolute Gasteiger partial charge is 0.491 e. The molecule has 0 amide bonds. The fraction of sp³-hybridized carbons (Fsp3) is 0.200. The van der Waals surface area contributed by atoms with Gasteiger partial charge in [-0.3, -0.25) is 0 Å². The minimum Gasteiger partial charge on any atom is -0.491 e. The normalized spacial score (nSPS) is 9.12. The van der Waals surface area contributed by atoms with Crippen molar-refractivity contribution in [3.63, 3.8) is 0 Å². The molecule has 0 aliphatic carbocycles. The molecule has 0 bridgehead atoms. The van der Waals surface area contributed by atoms with Crippen LogP contribution in [0.5, 0.6) is 11.5 Å². The van der Waals surface area contributed by atoms with E-state index in [1.807, 2.05) is 0 Å². The number of halogens is 2. The van der Waals surface area contributed by atoms with Crippen LogP contribution in [-0.4, -0.2) is 14.2 Å². The molecule has 0 unspecified atom stereocenters. The van der Waals surface area contributed by atoms with Crippen LogP contribution >= 0.6 is 0 Å². The first-order valence-electron chi connectivity index (χ1n) is 4.05. The van der Waals surface area contributed by atoms with Crippen molar-refractivity contribution >= 4 is 0 Å². The minimum absolute atomic E-state index is 0.291. The van der Waals surface area contributed by atoms with E-state index in [-0.39, 0.29) is 11.3 Å². The lowest BCUT2D eigenvalue weighted by Crippen LogP contribution is -2.03. The third-order valence-corrected chi connectivity index (χ3v) is 1.93. The topological polar surface area (TPSA) is 66.0 Å². The van der Waals surface area contributed by atoms with Gasteiger partial charge in [0.15, 0.2) is 11.6 Å². The van der Waals surface area contributed by atoms with Crippen LogP contribution in [0.2, 0.25) is 0 Å². The van der Waals surface area contributed by atoms with Crippen molar-refractivity contribution in [2.24, 2.45) is 0 Å². The second-order valence-electron chi connectivity index (χ2n) is 2.67. The van der Waals surface area contributed by atoms with Crippen LogP contribution < -0.4 is 9.47 Å². The molecule has 0 N–H and O–H groups in total. The summed E-state index contributed by atoms with van der Waals surface area (Å²) in [7, 11) is 2.27. The van der Waals surface area contributed by atoms with E-state index in [9.17, 15) is 8.78 Å². The molecule has 4 nitrogen and oxygen atoms in total. The summed E-state index contributed by atoms with van der Waals surface area (Å²) in [4.78, 5) is 0. The predicted molar refractivity (Wildman–Crippen MR) is 48.9 cm³/mol. The Balaban J connectivity index is 3.80. The molecule has 0 saturated carbocycles. The second-order valence-corrected chi connectivity index (χ2v) is 2.67. The number of methoxy groups -OCH3 is 2. The Kier molecular flexibility index (Phi) is 3.27. The third kappa shape index (κ3) is 1.51. The summed E-state index contributed by atoms with van der Waals surface area (Å²) in [6.45, 7) is 0. The quantitative estimate of drug-likeness (QED) is 0.767. The summed E-state index contributed by atoms with van der Waals surface area (Å²) < 4.78 is 36.0. The number of ether oxygens (including phenoxy) is 2. The summed E-state index contributed by atoms with van der Waals surface area (Å²) in [6.07, 6.45) is 0. The van der Waals surface area contributed by atoms with Crippen molar-refractivity contribution in [2.45, 2.75) is 0 Å². The molecule has 0 atom stereocenters.